The molecule has 0 aromatic rings. The van der Waals surface area contributed by atoms with E-state index in [1.54, 1.807) is 13.8 Å². The zero-order valence-corrected chi connectivity index (χ0v) is 17.2. The van der Waals surface area contributed by atoms with Crippen LogP contribution in [-0.4, -0.2) is 44.9 Å². The van der Waals surface area contributed by atoms with Crippen molar-refractivity contribution in [3.63, 3.8) is 0 Å². The Morgan fingerprint density at radius 2 is 1.43 bits per heavy atom. The van der Waals surface area contributed by atoms with E-state index in [-0.39, 0.29) is 5.97 Å². The molecule has 0 unspecified atom stereocenters. The first-order valence-electron chi connectivity index (χ1n) is 8.15. The monoisotopic (exact) mass is 406 g/mol. The van der Waals surface area contributed by atoms with Crippen LogP contribution in [0.1, 0.15) is 53.4 Å². The molecule has 0 bridgehead atoms. The fraction of sp³-hybridized carbons (Fsp3) is 0.750. The number of esters is 2. The van der Waals surface area contributed by atoms with E-state index in [1.165, 1.54) is 6.08 Å². The van der Waals surface area contributed by atoms with E-state index < -0.39 is 25.7 Å². The van der Waals surface area contributed by atoms with Crippen LogP contribution < -0.4 is 0 Å². The van der Waals surface area contributed by atoms with Crippen molar-refractivity contribution in [2.75, 3.05) is 13.2 Å². The molecule has 5 heteroatoms. The Labute approximate surface area is 136 Å². The standard InChI is InChI=1S/C8H11O4.2C4H9.Sn.H/c1-3-11-7(9)5-6-8(10)12-4-2;2*1-3-4-2;;/h5H,3-4H2,1-2H3;2*1,3-4H2,2H3;;. The molecule has 0 aromatic carbocycles. The predicted molar refractivity (Wildman–Crippen MR) is 87.9 cm³/mol. The van der Waals surface area contributed by atoms with Gasteiger partial charge in [0.05, 0.1) is 0 Å². The van der Waals surface area contributed by atoms with Gasteiger partial charge in [-0.1, -0.05) is 0 Å². The van der Waals surface area contributed by atoms with Gasteiger partial charge in [-0.15, -0.1) is 0 Å². The Bertz CT molecular complexity index is 331. The molecule has 0 aromatic heterocycles. The summed E-state index contributed by atoms with van der Waals surface area (Å²) in [6.45, 7) is 8.55. The molecule has 0 amide bonds. The molecule has 0 aliphatic heterocycles. The van der Waals surface area contributed by atoms with E-state index in [0.717, 1.165) is 34.6 Å². The Hall–Kier alpha value is -0.521. The summed E-state index contributed by atoms with van der Waals surface area (Å²) in [5.74, 6) is -0.700. The molecule has 122 valence electrons. The Kier molecular flexibility index (Phi) is 12.8. The maximum atomic E-state index is 12.2. The number of hydrogen-bond donors (Lipinski definition) is 0. The first kappa shape index (κ1) is 20.5. The molecule has 4 nitrogen and oxygen atoms in total. The third-order valence-electron chi connectivity index (χ3n) is 3.32. The molecule has 0 fully saturated rings. The SMILES string of the molecule is CCC[CH2][SnH]([CH2]CCC)/[C](=C/C(=O)OCC)C(=O)OCC. The molecular weight excluding hydrogens is 375 g/mol. The van der Waals surface area contributed by atoms with Gasteiger partial charge in [0.25, 0.3) is 0 Å². The van der Waals surface area contributed by atoms with E-state index in [9.17, 15) is 9.59 Å². The molecule has 0 heterocycles. The minimum atomic E-state index is -2.26. The van der Waals surface area contributed by atoms with Crippen molar-refractivity contribution in [2.45, 2.75) is 62.3 Å². The molecule has 0 spiro atoms. The number of rotatable bonds is 11. The summed E-state index contributed by atoms with van der Waals surface area (Å²) in [5.41, 5.74) is 0. The van der Waals surface area contributed by atoms with Crippen LogP contribution in [0.25, 0.3) is 0 Å². The summed E-state index contributed by atoms with van der Waals surface area (Å²) in [6, 6.07) is 0. The van der Waals surface area contributed by atoms with Gasteiger partial charge in [0.15, 0.2) is 0 Å². The van der Waals surface area contributed by atoms with Crippen LogP contribution in [0.15, 0.2) is 9.67 Å². The predicted octanol–water partition coefficient (Wildman–Crippen LogP) is 3.41. The van der Waals surface area contributed by atoms with Crippen molar-refractivity contribution >= 4 is 31.7 Å². The van der Waals surface area contributed by atoms with E-state index in [1.807, 2.05) is 0 Å². The van der Waals surface area contributed by atoms with E-state index in [2.05, 4.69) is 13.8 Å². The second-order valence-electron chi connectivity index (χ2n) is 5.05. The van der Waals surface area contributed by atoms with Crippen molar-refractivity contribution in [1.82, 2.24) is 0 Å². The van der Waals surface area contributed by atoms with Gasteiger partial charge in [-0.3, -0.25) is 0 Å². The van der Waals surface area contributed by atoms with E-state index in [4.69, 9.17) is 9.47 Å². The van der Waals surface area contributed by atoms with Crippen LogP contribution in [0, 0.1) is 0 Å². The molecule has 0 radical (unpaired) electrons. The fourth-order valence-electron chi connectivity index (χ4n) is 2.23. The van der Waals surface area contributed by atoms with Gasteiger partial charge in [0.2, 0.25) is 0 Å². The van der Waals surface area contributed by atoms with Crippen LogP contribution in [0.3, 0.4) is 0 Å². The second-order valence-corrected chi connectivity index (χ2v) is 14.1. The van der Waals surface area contributed by atoms with Crippen LogP contribution in [0.4, 0.5) is 0 Å². The molecule has 0 atom stereocenters. The summed E-state index contributed by atoms with van der Waals surface area (Å²) in [7, 11) is 0. The number of hydrogen-bond acceptors (Lipinski definition) is 4. The Balaban J connectivity index is 5.15. The number of carbonyl (C=O) groups excluding carboxylic acids is 2. The van der Waals surface area contributed by atoms with Crippen molar-refractivity contribution in [3.05, 3.63) is 9.67 Å². The second kappa shape index (κ2) is 13.2. The van der Waals surface area contributed by atoms with Gasteiger partial charge in [0.1, 0.15) is 0 Å². The first-order valence-corrected chi connectivity index (χ1v) is 14.5. The van der Waals surface area contributed by atoms with Crippen molar-refractivity contribution in [2.24, 2.45) is 0 Å². The average Bonchev–Trinajstić information content (AvgIpc) is 2.46. The van der Waals surface area contributed by atoms with Crippen LogP contribution in [0.2, 0.25) is 8.87 Å². The molecule has 0 aliphatic carbocycles. The van der Waals surface area contributed by atoms with Crippen LogP contribution in [-0.2, 0) is 19.1 Å². The quantitative estimate of drug-likeness (QED) is 0.301. The van der Waals surface area contributed by atoms with Crippen molar-refractivity contribution in [1.29, 1.82) is 0 Å². The number of carbonyl (C=O) groups is 2. The molecule has 0 rings (SSSR count). The first-order chi connectivity index (χ1) is 10.1. The van der Waals surface area contributed by atoms with Gasteiger partial charge in [-0.2, -0.15) is 0 Å². The van der Waals surface area contributed by atoms with Gasteiger partial charge >= 0.3 is 136 Å². The number of unbranched alkanes of at least 4 members (excludes halogenated alkanes) is 2. The Morgan fingerprint density at radius 1 is 0.905 bits per heavy atom. The molecule has 0 aliphatic rings. The number of ether oxygens (including phenoxy) is 2. The summed E-state index contributed by atoms with van der Waals surface area (Å²) in [4.78, 5) is 23.9. The third-order valence-corrected chi connectivity index (χ3v) is 13.3. The molecular formula is C16H30O4Sn. The summed E-state index contributed by atoms with van der Waals surface area (Å²) < 4.78 is 13.0. The summed E-state index contributed by atoms with van der Waals surface area (Å²) in [6.07, 6.45) is 5.92. The van der Waals surface area contributed by atoms with Gasteiger partial charge in [0, 0.05) is 0 Å². The molecule has 0 saturated carbocycles. The van der Waals surface area contributed by atoms with Crippen molar-refractivity contribution in [3.8, 4) is 0 Å². The third kappa shape index (κ3) is 9.17. The van der Waals surface area contributed by atoms with Crippen LogP contribution >= 0.6 is 0 Å². The van der Waals surface area contributed by atoms with Gasteiger partial charge in [-0.05, 0) is 0 Å². The van der Waals surface area contributed by atoms with E-state index >= 15 is 0 Å². The van der Waals surface area contributed by atoms with E-state index in [0.29, 0.717) is 16.8 Å². The normalized spacial score (nSPS) is 11.6. The molecule has 0 N–H and O–H groups in total. The summed E-state index contributed by atoms with van der Waals surface area (Å²) >= 11 is -2.26. The zero-order chi connectivity index (χ0) is 16.1. The van der Waals surface area contributed by atoms with Gasteiger partial charge < -0.3 is 0 Å². The zero-order valence-electron chi connectivity index (χ0n) is 13.9. The minimum absolute atomic E-state index is 0.293. The topological polar surface area (TPSA) is 52.6 Å². The average molecular weight is 405 g/mol. The van der Waals surface area contributed by atoms with Crippen molar-refractivity contribution < 1.29 is 19.1 Å². The fourth-order valence-corrected chi connectivity index (χ4v) is 12.2. The maximum absolute atomic E-state index is 12.2. The molecule has 0 saturated heterocycles. The van der Waals surface area contributed by atoms with Crippen LogP contribution in [0.5, 0.6) is 0 Å². The Morgan fingerprint density at radius 3 is 1.86 bits per heavy atom. The van der Waals surface area contributed by atoms with Gasteiger partial charge in [-0.25, -0.2) is 0 Å². The summed E-state index contributed by atoms with van der Waals surface area (Å²) in [5, 5.41) is 0. The molecule has 21 heavy (non-hydrogen) atoms.